The third kappa shape index (κ3) is 7.31. The Morgan fingerprint density at radius 3 is 2.39 bits per heavy atom. The van der Waals surface area contributed by atoms with Crippen molar-refractivity contribution in [3.8, 4) is 0 Å². The molecule has 1 N–H and O–H groups in total. The zero-order valence-corrected chi connectivity index (χ0v) is 21.8. The number of amides is 1. The monoisotopic (exact) mass is 546 g/mol. The lowest BCUT2D eigenvalue weighted by Gasteiger charge is -2.37. The highest BCUT2D eigenvalue weighted by Crippen LogP contribution is 2.18. The third-order valence-electron chi connectivity index (χ3n) is 5.97. The molecule has 176 valence electrons. The van der Waals surface area contributed by atoms with E-state index in [1.807, 2.05) is 22.8 Å². The van der Waals surface area contributed by atoms with E-state index < -0.39 is 0 Å². The van der Waals surface area contributed by atoms with Crippen molar-refractivity contribution in [2.45, 2.75) is 25.8 Å². The number of aromatic nitrogens is 2. The zero-order chi connectivity index (χ0) is 21.5. The van der Waals surface area contributed by atoms with Crippen LogP contribution in [0, 0.1) is 0 Å². The van der Waals surface area contributed by atoms with Gasteiger partial charge in [-0.25, -0.2) is 0 Å². The van der Waals surface area contributed by atoms with Gasteiger partial charge in [-0.15, -0.1) is 24.0 Å². The molecule has 1 unspecified atom stereocenters. The summed E-state index contributed by atoms with van der Waals surface area (Å²) in [5, 5.41) is 7.76. The number of likely N-dealkylation sites (tertiary alicyclic amines) is 1. The Labute approximate surface area is 203 Å². The van der Waals surface area contributed by atoms with E-state index in [2.05, 4.69) is 52.3 Å². The molecule has 9 nitrogen and oxygen atoms in total. The molecule has 0 spiro atoms. The summed E-state index contributed by atoms with van der Waals surface area (Å²) in [4.78, 5) is 26.2. The van der Waals surface area contributed by atoms with Gasteiger partial charge < -0.3 is 20.0 Å². The second kappa shape index (κ2) is 12.6. The van der Waals surface area contributed by atoms with E-state index in [0.717, 1.165) is 64.6 Å². The Hall–Kier alpha value is -1.40. The van der Waals surface area contributed by atoms with Crippen LogP contribution in [0.15, 0.2) is 17.4 Å². The van der Waals surface area contributed by atoms with Crippen LogP contribution in [-0.2, 0) is 11.8 Å². The molecule has 0 bridgehead atoms. The fraction of sp³-hybridized carbons (Fsp3) is 0.762. The molecule has 31 heavy (non-hydrogen) atoms. The Morgan fingerprint density at radius 1 is 1.16 bits per heavy atom. The molecule has 1 atom stereocenters. The van der Waals surface area contributed by atoms with E-state index in [0.29, 0.717) is 13.1 Å². The zero-order valence-electron chi connectivity index (χ0n) is 19.5. The average Bonchev–Trinajstić information content (AvgIpc) is 3.40. The number of nitrogens with zero attached hydrogens (tertiary/aromatic N) is 7. The van der Waals surface area contributed by atoms with Crippen LogP contribution in [0.5, 0.6) is 0 Å². The minimum Gasteiger partial charge on any atom is -0.357 e. The number of nitrogens with one attached hydrogen (secondary N) is 1. The standard InChI is InChI=1S/C21H38N8O.HI/c1-5-22-21(23-15-19(25(2)3)18-14-24-26(4)16-18)29-12-10-27(11-13-29)17-20(30)28-8-6-7-9-28;/h14,16,19H,5-13,15,17H2,1-4H3,(H,22,23);1H. The maximum Gasteiger partial charge on any atom is 0.236 e. The van der Waals surface area contributed by atoms with E-state index in [-0.39, 0.29) is 35.9 Å². The van der Waals surface area contributed by atoms with E-state index in [9.17, 15) is 4.79 Å². The molecule has 2 saturated heterocycles. The summed E-state index contributed by atoms with van der Waals surface area (Å²) in [6.07, 6.45) is 6.27. The van der Waals surface area contributed by atoms with Crippen LogP contribution in [0.25, 0.3) is 0 Å². The van der Waals surface area contributed by atoms with Crippen molar-refractivity contribution in [3.63, 3.8) is 0 Å². The molecule has 3 rings (SSSR count). The summed E-state index contributed by atoms with van der Waals surface area (Å²) in [6.45, 7) is 9.58. The number of halogens is 1. The first-order valence-electron chi connectivity index (χ1n) is 11.2. The van der Waals surface area contributed by atoms with E-state index in [4.69, 9.17) is 4.99 Å². The van der Waals surface area contributed by atoms with Gasteiger partial charge in [0.1, 0.15) is 0 Å². The predicted octanol–water partition coefficient (Wildman–Crippen LogP) is 0.846. The fourth-order valence-electron chi connectivity index (χ4n) is 4.15. The van der Waals surface area contributed by atoms with Crippen LogP contribution in [0.1, 0.15) is 31.4 Å². The van der Waals surface area contributed by atoms with Gasteiger partial charge in [0, 0.05) is 64.6 Å². The van der Waals surface area contributed by atoms with Crippen LogP contribution >= 0.6 is 24.0 Å². The molecule has 0 radical (unpaired) electrons. The van der Waals surface area contributed by atoms with E-state index in [1.54, 1.807) is 0 Å². The molecule has 0 aromatic carbocycles. The molecular formula is C21H39IN8O. The van der Waals surface area contributed by atoms with Crippen LogP contribution in [0.4, 0.5) is 0 Å². The van der Waals surface area contributed by atoms with Gasteiger partial charge in [0.25, 0.3) is 0 Å². The van der Waals surface area contributed by atoms with Crippen molar-refractivity contribution in [1.29, 1.82) is 0 Å². The van der Waals surface area contributed by atoms with Gasteiger partial charge in [-0.3, -0.25) is 19.4 Å². The summed E-state index contributed by atoms with van der Waals surface area (Å²) >= 11 is 0. The van der Waals surface area contributed by atoms with E-state index in [1.165, 1.54) is 5.56 Å². The van der Waals surface area contributed by atoms with Gasteiger partial charge in [0.05, 0.1) is 25.3 Å². The van der Waals surface area contributed by atoms with Crippen molar-refractivity contribution in [1.82, 2.24) is 34.7 Å². The van der Waals surface area contributed by atoms with Crippen molar-refractivity contribution < 1.29 is 4.79 Å². The van der Waals surface area contributed by atoms with E-state index >= 15 is 0 Å². The fourth-order valence-corrected chi connectivity index (χ4v) is 4.15. The smallest absolute Gasteiger partial charge is 0.236 e. The first-order chi connectivity index (χ1) is 14.5. The summed E-state index contributed by atoms with van der Waals surface area (Å²) in [6, 6.07) is 0.187. The van der Waals surface area contributed by atoms with Crippen molar-refractivity contribution in [3.05, 3.63) is 18.0 Å². The van der Waals surface area contributed by atoms with Crippen molar-refractivity contribution in [2.24, 2.45) is 12.0 Å². The summed E-state index contributed by atoms with van der Waals surface area (Å²) < 4.78 is 1.84. The van der Waals surface area contributed by atoms with Gasteiger partial charge in [-0.2, -0.15) is 5.10 Å². The Balaban J connectivity index is 0.00000341. The number of carbonyl (C=O) groups is 1. The van der Waals surface area contributed by atoms with Gasteiger partial charge in [-0.05, 0) is 33.9 Å². The lowest BCUT2D eigenvalue weighted by Crippen LogP contribution is -2.54. The Morgan fingerprint density at radius 2 is 1.84 bits per heavy atom. The minimum absolute atomic E-state index is 0. The maximum atomic E-state index is 12.4. The van der Waals surface area contributed by atoms with Crippen LogP contribution in [-0.4, -0.2) is 114 Å². The number of piperazine rings is 1. The highest BCUT2D eigenvalue weighted by atomic mass is 127. The number of rotatable bonds is 7. The summed E-state index contributed by atoms with van der Waals surface area (Å²) in [5.74, 6) is 1.24. The lowest BCUT2D eigenvalue weighted by atomic mass is 10.1. The molecule has 2 fully saturated rings. The van der Waals surface area contributed by atoms with Crippen LogP contribution in [0.2, 0.25) is 0 Å². The summed E-state index contributed by atoms with van der Waals surface area (Å²) in [5.41, 5.74) is 1.17. The number of likely N-dealkylation sites (N-methyl/N-ethyl adjacent to an activating group) is 1. The maximum absolute atomic E-state index is 12.4. The molecule has 1 aromatic rings. The number of guanidine groups is 1. The highest BCUT2D eigenvalue weighted by molar-refractivity contribution is 14.0. The van der Waals surface area contributed by atoms with Gasteiger partial charge in [-0.1, -0.05) is 0 Å². The Bertz CT molecular complexity index is 708. The van der Waals surface area contributed by atoms with Crippen LogP contribution < -0.4 is 5.32 Å². The summed E-state index contributed by atoms with van der Waals surface area (Å²) in [7, 11) is 6.10. The molecule has 10 heteroatoms. The first-order valence-corrected chi connectivity index (χ1v) is 11.2. The second-order valence-corrected chi connectivity index (χ2v) is 8.47. The van der Waals surface area contributed by atoms with Gasteiger partial charge >= 0.3 is 0 Å². The molecule has 2 aliphatic rings. The minimum atomic E-state index is 0. The largest absolute Gasteiger partial charge is 0.357 e. The molecule has 3 heterocycles. The average molecular weight is 547 g/mol. The topological polar surface area (TPSA) is 72.2 Å². The number of carbonyl (C=O) groups excluding carboxylic acids is 1. The Kier molecular flexibility index (Phi) is 10.5. The lowest BCUT2D eigenvalue weighted by molar-refractivity contribution is -0.131. The molecule has 1 amide bonds. The normalized spacial score (nSPS) is 18.9. The highest BCUT2D eigenvalue weighted by Gasteiger charge is 2.25. The second-order valence-electron chi connectivity index (χ2n) is 8.47. The molecular weight excluding hydrogens is 507 g/mol. The third-order valence-corrected chi connectivity index (χ3v) is 5.97. The van der Waals surface area contributed by atoms with Crippen molar-refractivity contribution >= 4 is 35.8 Å². The van der Waals surface area contributed by atoms with Crippen molar-refractivity contribution in [2.75, 3.05) is 73.0 Å². The molecule has 0 aliphatic carbocycles. The SMILES string of the molecule is CCNC(=NCC(c1cnn(C)c1)N(C)C)N1CCN(CC(=O)N2CCCC2)CC1.I. The van der Waals surface area contributed by atoms with Crippen LogP contribution in [0.3, 0.4) is 0 Å². The molecule has 2 aliphatic heterocycles. The number of hydrogen-bond acceptors (Lipinski definition) is 5. The molecule has 0 saturated carbocycles. The predicted molar refractivity (Wildman–Crippen MR) is 135 cm³/mol. The van der Waals surface area contributed by atoms with Gasteiger partial charge in [0.2, 0.25) is 5.91 Å². The quantitative estimate of drug-likeness (QED) is 0.311. The first kappa shape index (κ1) is 25.9. The van der Waals surface area contributed by atoms with Gasteiger partial charge in [0.15, 0.2) is 5.96 Å². The molecule has 1 aromatic heterocycles. The number of aliphatic imine (C=N–C) groups is 1. The number of aryl methyl sites for hydroxylation is 1. The number of hydrogen-bond donors (Lipinski definition) is 1.